The average Bonchev–Trinajstić information content (AvgIpc) is 3.33. The molecule has 2 aromatic heterocycles. The van der Waals surface area contributed by atoms with Crippen molar-refractivity contribution in [2.24, 2.45) is 5.41 Å². The molecule has 0 bridgehead atoms. The average molecular weight is 447 g/mol. The van der Waals surface area contributed by atoms with Crippen molar-refractivity contribution >= 4 is 11.8 Å². The molecule has 1 aromatic carbocycles. The highest BCUT2D eigenvalue weighted by Crippen LogP contribution is 2.38. The van der Waals surface area contributed by atoms with E-state index in [1.807, 2.05) is 43.0 Å². The molecule has 1 N–H and O–H groups in total. The SMILES string of the molecule is CC(C)NC(=O)C1(Cc2ccccc2-c2ccncc2)CCN(C(=O)Cn2cncn2)CC1. The lowest BCUT2D eigenvalue weighted by atomic mass is 9.72. The van der Waals surface area contributed by atoms with Crippen molar-refractivity contribution < 1.29 is 9.59 Å². The Kier molecular flexibility index (Phi) is 6.82. The first-order valence-corrected chi connectivity index (χ1v) is 11.4. The Morgan fingerprint density at radius 2 is 1.79 bits per heavy atom. The second kappa shape index (κ2) is 9.94. The first kappa shape index (κ1) is 22.6. The summed E-state index contributed by atoms with van der Waals surface area (Å²) in [7, 11) is 0. The highest BCUT2D eigenvalue weighted by molar-refractivity contribution is 5.84. The number of aromatic nitrogens is 4. The minimum atomic E-state index is -0.572. The number of nitrogens with one attached hydrogen (secondary N) is 1. The van der Waals surface area contributed by atoms with Crippen LogP contribution >= 0.6 is 0 Å². The van der Waals surface area contributed by atoms with Crippen molar-refractivity contribution in [3.8, 4) is 11.1 Å². The zero-order valence-corrected chi connectivity index (χ0v) is 19.1. The standard InChI is InChI=1S/C25H30N6O2/c1-19(2)29-24(33)25(9-13-30(14-10-25)23(32)16-31-18-27-17-28-31)15-21-5-3-4-6-22(21)20-7-11-26-12-8-20/h3-8,11-12,17-19H,9-10,13-16H2,1-2H3,(H,29,33). The van der Waals surface area contributed by atoms with Crippen molar-refractivity contribution in [2.45, 2.75) is 45.7 Å². The monoisotopic (exact) mass is 446 g/mol. The minimum absolute atomic E-state index is 0.00412. The van der Waals surface area contributed by atoms with Crippen LogP contribution in [0.5, 0.6) is 0 Å². The van der Waals surface area contributed by atoms with E-state index in [4.69, 9.17) is 0 Å². The Morgan fingerprint density at radius 1 is 1.06 bits per heavy atom. The summed E-state index contributed by atoms with van der Waals surface area (Å²) in [4.78, 5) is 36.1. The van der Waals surface area contributed by atoms with Gasteiger partial charge in [0.15, 0.2) is 0 Å². The zero-order chi connectivity index (χ0) is 23.3. The number of nitrogens with zero attached hydrogens (tertiary/aromatic N) is 5. The molecular formula is C25H30N6O2. The van der Waals surface area contributed by atoms with Gasteiger partial charge < -0.3 is 10.2 Å². The van der Waals surface area contributed by atoms with Crippen LogP contribution in [0, 0.1) is 5.41 Å². The molecule has 0 unspecified atom stereocenters. The number of benzene rings is 1. The van der Waals surface area contributed by atoms with E-state index in [1.165, 1.54) is 17.3 Å². The van der Waals surface area contributed by atoms with Gasteiger partial charge in [-0.15, -0.1) is 0 Å². The summed E-state index contributed by atoms with van der Waals surface area (Å²) in [6, 6.07) is 12.3. The van der Waals surface area contributed by atoms with Crippen LogP contribution in [0.15, 0.2) is 61.4 Å². The van der Waals surface area contributed by atoms with Gasteiger partial charge in [-0.1, -0.05) is 24.3 Å². The number of carbonyl (C=O) groups excluding carboxylic acids is 2. The molecule has 4 rings (SSSR count). The molecule has 1 aliphatic rings. The van der Waals surface area contributed by atoms with Gasteiger partial charge in [0.1, 0.15) is 19.2 Å². The number of pyridine rings is 1. The van der Waals surface area contributed by atoms with E-state index in [-0.39, 0.29) is 24.4 Å². The van der Waals surface area contributed by atoms with Crippen molar-refractivity contribution in [1.82, 2.24) is 30.0 Å². The summed E-state index contributed by atoms with van der Waals surface area (Å²) in [5, 5.41) is 7.16. The van der Waals surface area contributed by atoms with Crippen LogP contribution in [0.3, 0.4) is 0 Å². The summed E-state index contributed by atoms with van der Waals surface area (Å²) in [5.74, 6) is 0.0564. The molecule has 33 heavy (non-hydrogen) atoms. The Bertz CT molecular complexity index is 1070. The van der Waals surface area contributed by atoms with Crippen LogP contribution in [-0.2, 0) is 22.6 Å². The summed E-state index contributed by atoms with van der Waals surface area (Å²) >= 11 is 0. The third kappa shape index (κ3) is 5.27. The molecular weight excluding hydrogens is 416 g/mol. The lowest BCUT2D eigenvalue weighted by Gasteiger charge is -2.41. The summed E-state index contributed by atoms with van der Waals surface area (Å²) in [5.41, 5.74) is 2.75. The first-order valence-electron chi connectivity index (χ1n) is 11.4. The molecule has 1 fully saturated rings. The number of likely N-dealkylation sites (tertiary alicyclic amines) is 1. The quantitative estimate of drug-likeness (QED) is 0.602. The fourth-order valence-electron chi connectivity index (χ4n) is 4.49. The van der Waals surface area contributed by atoms with E-state index in [2.05, 4.69) is 32.5 Å². The maximum atomic E-state index is 13.5. The highest BCUT2D eigenvalue weighted by atomic mass is 16.2. The molecule has 3 aromatic rings. The smallest absolute Gasteiger partial charge is 0.244 e. The van der Waals surface area contributed by atoms with Crippen LogP contribution in [0.1, 0.15) is 32.3 Å². The van der Waals surface area contributed by atoms with Gasteiger partial charge in [-0.3, -0.25) is 14.6 Å². The lowest BCUT2D eigenvalue weighted by Crippen LogP contribution is -2.52. The Hall–Kier alpha value is -3.55. The number of amides is 2. The molecule has 172 valence electrons. The molecule has 0 saturated carbocycles. The molecule has 1 saturated heterocycles. The van der Waals surface area contributed by atoms with Gasteiger partial charge in [0, 0.05) is 31.5 Å². The molecule has 8 heteroatoms. The Balaban J connectivity index is 1.56. The number of carbonyl (C=O) groups is 2. The van der Waals surface area contributed by atoms with Gasteiger partial charge in [0.05, 0.1) is 5.41 Å². The minimum Gasteiger partial charge on any atom is -0.353 e. The van der Waals surface area contributed by atoms with Crippen LogP contribution in [0.2, 0.25) is 0 Å². The van der Waals surface area contributed by atoms with E-state index in [1.54, 1.807) is 12.4 Å². The van der Waals surface area contributed by atoms with E-state index >= 15 is 0 Å². The molecule has 0 spiro atoms. The second-order valence-corrected chi connectivity index (χ2v) is 8.95. The van der Waals surface area contributed by atoms with Gasteiger partial charge in [0.25, 0.3) is 0 Å². The van der Waals surface area contributed by atoms with Crippen LogP contribution in [-0.4, -0.2) is 55.6 Å². The zero-order valence-electron chi connectivity index (χ0n) is 19.1. The topological polar surface area (TPSA) is 93.0 Å². The number of piperidine rings is 1. The Labute approximate surface area is 194 Å². The summed E-state index contributed by atoms with van der Waals surface area (Å²) in [6.07, 6.45) is 8.37. The van der Waals surface area contributed by atoms with Gasteiger partial charge in [-0.25, -0.2) is 9.67 Å². The van der Waals surface area contributed by atoms with Crippen molar-refractivity contribution in [3.05, 3.63) is 67.0 Å². The van der Waals surface area contributed by atoms with E-state index < -0.39 is 5.41 Å². The number of rotatable bonds is 7. The molecule has 8 nitrogen and oxygen atoms in total. The molecule has 0 atom stereocenters. The largest absolute Gasteiger partial charge is 0.353 e. The van der Waals surface area contributed by atoms with Crippen molar-refractivity contribution in [1.29, 1.82) is 0 Å². The van der Waals surface area contributed by atoms with Crippen LogP contribution in [0.25, 0.3) is 11.1 Å². The van der Waals surface area contributed by atoms with Gasteiger partial charge >= 0.3 is 0 Å². The summed E-state index contributed by atoms with van der Waals surface area (Å²) in [6.45, 7) is 5.20. The van der Waals surface area contributed by atoms with Crippen molar-refractivity contribution in [2.75, 3.05) is 13.1 Å². The van der Waals surface area contributed by atoms with Gasteiger partial charge in [0.2, 0.25) is 11.8 Å². The Morgan fingerprint density at radius 3 is 2.45 bits per heavy atom. The first-order chi connectivity index (χ1) is 16.0. The normalized spacial score (nSPS) is 15.4. The fraction of sp³-hybridized carbons (Fsp3) is 0.400. The molecule has 1 aliphatic heterocycles. The maximum absolute atomic E-state index is 13.5. The third-order valence-electron chi connectivity index (χ3n) is 6.28. The molecule has 0 radical (unpaired) electrons. The van der Waals surface area contributed by atoms with E-state index in [0.29, 0.717) is 32.4 Å². The predicted molar refractivity (Wildman–Crippen MR) is 125 cm³/mol. The van der Waals surface area contributed by atoms with Crippen LogP contribution < -0.4 is 5.32 Å². The van der Waals surface area contributed by atoms with Gasteiger partial charge in [-0.2, -0.15) is 5.10 Å². The second-order valence-electron chi connectivity index (χ2n) is 8.95. The van der Waals surface area contributed by atoms with Crippen molar-refractivity contribution in [3.63, 3.8) is 0 Å². The number of hydrogen-bond acceptors (Lipinski definition) is 5. The van der Waals surface area contributed by atoms with E-state index in [0.717, 1.165) is 16.7 Å². The maximum Gasteiger partial charge on any atom is 0.244 e. The highest BCUT2D eigenvalue weighted by Gasteiger charge is 2.42. The lowest BCUT2D eigenvalue weighted by molar-refractivity contribution is -0.141. The number of hydrogen-bond donors (Lipinski definition) is 1. The molecule has 3 heterocycles. The predicted octanol–water partition coefficient (Wildman–Crippen LogP) is 2.72. The van der Waals surface area contributed by atoms with Crippen LogP contribution in [0.4, 0.5) is 0 Å². The van der Waals surface area contributed by atoms with E-state index in [9.17, 15) is 9.59 Å². The van der Waals surface area contributed by atoms with Gasteiger partial charge in [-0.05, 0) is 61.9 Å². The molecule has 2 amide bonds. The molecule has 0 aliphatic carbocycles. The fourth-order valence-corrected chi connectivity index (χ4v) is 4.49. The summed E-state index contributed by atoms with van der Waals surface area (Å²) < 4.78 is 1.53. The third-order valence-corrected chi connectivity index (χ3v) is 6.28.